The van der Waals surface area contributed by atoms with Gasteiger partial charge in [0.25, 0.3) is 0 Å². The molecule has 0 aliphatic heterocycles. The van der Waals surface area contributed by atoms with Gasteiger partial charge >= 0.3 is 0 Å². The van der Waals surface area contributed by atoms with Crippen LogP contribution in [0.3, 0.4) is 0 Å². The van der Waals surface area contributed by atoms with Gasteiger partial charge in [0.1, 0.15) is 0 Å². The molecule has 370 valence electrons. The van der Waals surface area contributed by atoms with Gasteiger partial charge in [-0.1, -0.05) is 258 Å². The maximum Gasteiger partial charge on any atom is 0.164 e. The third-order valence-corrected chi connectivity index (χ3v) is 16.0. The number of nitrogens with zero attached hydrogens (tertiary/aromatic N) is 6. The highest BCUT2D eigenvalue weighted by molar-refractivity contribution is 5.88. The van der Waals surface area contributed by atoms with E-state index < -0.39 is 0 Å². The van der Waals surface area contributed by atoms with Crippen LogP contribution in [0, 0.1) is 0 Å². The summed E-state index contributed by atoms with van der Waals surface area (Å²) in [4.78, 5) is 31.0. The molecular formula is C72H52N6. The predicted molar refractivity (Wildman–Crippen MR) is 317 cm³/mol. The van der Waals surface area contributed by atoms with Gasteiger partial charge in [-0.05, 0) is 90.0 Å². The van der Waals surface area contributed by atoms with Gasteiger partial charge in [0.05, 0.1) is 0 Å². The summed E-state index contributed by atoms with van der Waals surface area (Å²) in [5.74, 6) is 3.83. The normalized spacial score (nSPS) is 13.3. The lowest BCUT2D eigenvalue weighted by Crippen LogP contribution is -2.17. The monoisotopic (exact) mass is 1000 g/mol. The molecule has 0 radical (unpaired) electrons. The second kappa shape index (κ2) is 18.5. The van der Waals surface area contributed by atoms with Crippen LogP contribution in [-0.2, 0) is 10.8 Å². The van der Waals surface area contributed by atoms with Gasteiger partial charge in [-0.25, -0.2) is 29.9 Å². The molecule has 0 N–H and O–H groups in total. The van der Waals surface area contributed by atoms with Crippen molar-refractivity contribution in [3.8, 4) is 124 Å². The minimum absolute atomic E-state index is 0.160. The van der Waals surface area contributed by atoms with Crippen LogP contribution < -0.4 is 0 Å². The van der Waals surface area contributed by atoms with Gasteiger partial charge in [0.2, 0.25) is 0 Å². The Morgan fingerprint density at radius 2 is 0.526 bits per heavy atom. The fourth-order valence-electron chi connectivity index (χ4n) is 11.9. The number of rotatable bonds is 9. The molecule has 0 unspecified atom stereocenters. The lowest BCUT2D eigenvalue weighted by atomic mass is 9.80. The Kier molecular flexibility index (Phi) is 11.1. The number of benzene rings is 10. The van der Waals surface area contributed by atoms with Crippen molar-refractivity contribution in [2.24, 2.45) is 0 Å². The molecular weight excluding hydrogens is 949 g/mol. The largest absolute Gasteiger partial charge is 0.208 e. The Morgan fingerprint density at radius 1 is 0.205 bits per heavy atom. The lowest BCUT2D eigenvalue weighted by Gasteiger charge is -2.24. The van der Waals surface area contributed by atoms with Crippen molar-refractivity contribution >= 4 is 0 Å². The molecule has 2 aliphatic carbocycles. The number of hydrogen-bond acceptors (Lipinski definition) is 6. The minimum atomic E-state index is -0.227. The highest BCUT2D eigenvalue weighted by atomic mass is 15.0. The molecule has 6 heteroatoms. The van der Waals surface area contributed by atoms with E-state index in [-0.39, 0.29) is 10.8 Å². The summed E-state index contributed by atoms with van der Waals surface area (Å²) < 4.78 is 0. The van der Waals surface area contributed by atoms with Gasteiger partial charge in [-0.2, -0.15) is 0 Å². The van der Waals surface area contributed by atoms with Crippen LogP contribution in [0.15, 0.2) is 243 Å². The molecule has 6 nitrogen and oxygen atoms in total. The van der Waals surface area contributed by atoms with E-state index in [0.29, 0.717) is 34.9 Å². The van der Waals surface area contributed by atoms with E-state index in [1.165, 1.54) is 44.5 Å². The first-order valence-corrected chi connectivity index (χ1v) is 26.7. The van der Waals surface area contributed by atoms with E-state index >= 15 is 0 Å². The van der Waals surface area contributed by atoms with Crippen LogP contribution in [0.25, 0.3) is 124 Å². The minimum Gasteiger partial charge on any atom is -0.208 e. The third kappa shape index (κ3) is 8.04. The Balaban J connectivity index is 0.780. The predicted octanol–water partition coefficient (Wildman–Crippen LogP) is 17.7. The van der Waals surface area contributed by atoms with Crippen molar-refractivity contribution in [2.75, 3.05) is 0 Å². The van der Waals surface area contributed by atoms with Crippen LogP contribution in [0.2, 0.25) is 0 Å². The van der Waals surface area contributed by atoms with Crippen LogP contribution in [0.4, 0.5) is 0 Å². The molecule has 0 bridgehead atoms. The highest BCUT2D eigenvalue weighted by Gasteiger charge is 2.38. The molecule has 0 fully saturated rings. The molecule has 78 heavy (non-hydrogen) atoms. The first kappa shape index (κ1) is 46.7. The average molecular weight is 1000 g/mol. The Hall–Kier alpha value is -9.78. The standard InChI is InChI=1S/C72H52N6/c1-71(2)61-27-13-11-23-56(61)58-42-41-55(44-63(58)71)69-75-66(50-35-29-46(30-36-50)45-17-7-5-8-18-45)74-67(76-69)51-37-31-47(32-38-51)53-21-15-22-54(43-53)48-33-39-52(40-34-48)68-73-65(49-19-9-6-10-20-49)77-70(78-68)60-26-16-25-59-57-24-12-14-28-62(57)72(3,4)64(59)60/h5-44H,1-4H3. The van der Waals surface area contributed by atoms with Crippen molar-refractivity contribution in [1.29, 1.82) is 0 Å². The summed E-state index contributed by atoms with van der Waals surface area (Å²) in [7, 11) is 0. The second-order valence-electron chi connectivity index (χ2n) is 21.5. The number of fused-ring (bicyclic) bond motifs is 6. The average Bonchev–Trinajstić information content (AvgIpc) is 4.13. The molecule has 0 amide bonds. The van der Waals surface area contributed by atoms with Crippen molar-refractivity contribution in [2.45, 2.75) is 38.5 Å². The number of hydrogen-bond donors (Lipinski definition) is 0. The topological polar surface area (TPSA) is 77.3 Å². The van der Waals surface area contributed by atoms with Gasteiger partial charge < -0.3 is 0 Å². The zero-order valence-corrected chi connectivity index (χ0v) is 43.8. The summed E-state index contributed by atoms with van der Waals surface area (Å²) in [5, 5.41) is 0. The molecule has 2 aliphatic rings. The fourth-order valence-corrected chi connectivity index (χ4v) is 11.9. The van der Waals surface area contributed by atoms with Crippen LogP contribution in [0.1, 0.15) is 49.9 Å². The van der Waals surface area contributed by atoms with Crippen molar-refractivity contribution in [1.82, 2.24) is 29.9 Å². The Morgan fingerprint density at radius 3 is 1.06 bits per heavy atom. The summed E-state index contributed by atoms with van der Waals surface area (Å²) in [5.41, 5.74) is 22.2. The van der Waals surface area contributed by atoms with E-state index in [1.807, 2.05) is 24.3 Å². The van der Waals surface area contributed by atoms with Crippen molar-refractivity contribution < 1.29 is 0 Å². The van der Waals surface area contributed by atoms with Gasteiger partial charge in [-0.3, -0.25) is 0 Å². The van der Waals surface area contributed by atoms with Gasteiger partial charge in [0, 0.05) is 44.2 Å². The van der Waals surface area contributed by atoms with E-state index in [1.54, 1.807) is 0 Å². The first-order chi connectivity index (χ1) is 38.1. The quantitative estimate of drug-likeness (QED) is 0.143. The smallest absolute Gasteiger partial charge is 0.164 e. The van der Waals surface area contributed by atoms with E-state index in [0.717, 1.165) is 66.8 Å². The van der Waals surface area contributed by atoms with Crippen LogP contribution in [0.5, 0.6) is 0 Å². The van der Waals surface area contributed by atoms with E-state index in [2.05, 4.69) is 246 Å². The molecule has 0 saturated heterocycles. The lowest BCUT2D eigenvalue weighted by molar-refractivity contribution is 0.660. The summed E-state index contributed by atoms with van der Waals surface area (Å²) in [6.07, 6.45) is 0. The molecule has 0 saturated carbocycles. The van der Waals surface area contributed by atoms with Crippen LogP contribution in [-0.4, -0.2) is 29.9 Å². The van der Waals surface area contributed by atoms with Crippen molar-refractivity contribution in [3.63, 3.8) is 0 Å². The molecule has 0 atom stereocenters. The Labute approximate surface area is 455 Å². The zero-order valence-electron chi connectivity index (χ0n) is 43.8. The molecule has 2 heterocycles. The maximum absolute atomic E-state index is 5.23. The fraction of sp³-hybridized carbons (Fsp3) is 0.0833. The highest BCUT2D eigenvalue weighted by Crippen LogP contribution is 2.52. The van der Waals surface area contributed by atoms with E-state index in [4.69, 9.17) is 29.9 Å². The molecule has 14 rings (SSSR count). The first-order valence-electron chi connectivity index (χ1n) is 26.7. The summed E-state index contributed by atoms with van der Waals surface area (Å²) in [6.45, 7) is 9.21. The SMILES string of the molecule is CC1(C)c2ccccc2-c2ccc(-c3nc(-c4ccc(-c5ccccc5)cc4)nc(-c4ccc(-c5cccc(-c6ccc(-c7nc(-c8ccccc8)nc(-c8cccc9c8C(C)(C)c8ccccc8-9)n7)cc6)c5)cc4)n3)cc21. The summed E-state index contributed by atoms with van der Waals surface area (Å²) in [6, 6.07) is 85.6. The zero-order chi connectivity index (χ0) is 52.5. The van der Waals surface area contributed by atoms with E-state index in [9.17, 15) is 0 Å². The number of aromatic nitrogens is 6. The van der Waals surface area contributed by atoms with Gasteiger partial charge in [-0.15, -0.1) is 0 Å². The van der Waals surface area contributed by atoms with Crippen molar-refractivity contribution in [3.05, 3.63) is 265 Å². The molecule has 10 aromatic carbocycles. The Bertz CT molecular complexity index is 4280. The molecule has 2 aromatic heterocycles. The van der Waals surface area contributed by atoms with Crippen LogP contribution >= 0.6 is 0 Å². The molecule has 12 aromatic rings. The second-order valence-corrected chi connectivity index (χ2v) is 21.5. The van der Waals surface area contributed by atoms with Gasteiger partial charge in [0.15, 0.2) is 34.9 Å². The molecule has 0 spiro atoms. The maximum atomic E-state index is 5.23. The summed E-state index contributed by atoms with van der Waals surface area (Å²) >= 11 is 0. The third-order valence-electron chi connectivity index (χ3n) is 16.0.